The Morgan fingerprint density at radius 1 is 1.18 bits per heavy atom. The van der Waals surface area contributed by atoms with Crippen molar-refractivity contribution in [2.45, 2.75) is 31.1 Å². The first-order valence-electron chi connectivity index (χ1n) is 8.92. The van der Waals surface area contributed by atoms with Crippen LogP contribution in [0.3, 0.4) is 0 Å². The minimum atomic E-state index is -2.86. The molecule has 0 saturated carbocycles. The molecular weight excluding hydrogens is 380 g/mol. The van der Waals surface area contributed by atoms with Crippen molar-refractivity contribution in [1.29, 1.82) is 0 Å². The maximum absolute atomic E-state index is 12.6. The van der Waals surface area contributed by atoms with Crippen molar-refractivity contribution in [2.75, 3.05) is 13.3 Å². The Kier molecular flexibility index (Phi) is 6.75. The number of hydrogen-bond donors (Lipinski definition) is 1. The van der Waals surface area contributed by atoms with Gasteiger partial charge in [0.25, 0.3) is 0 Å². The molecule has 0 fully saturated rings. The Bertz CT molecular complexity index is 896. The minimum absolute atomic E-state index is 0.132. The summed E-state index contributed by atoms with van der Waals surface area (Å²) in [7, 11) is 1.94. The van der Waals surface area contributed by atoms with E-state index in [0.717, 1.165) is 16.0 Å². The van der Waals surface area contributed by atoms with Gasteiger partial charge in [-0.25, -0.2) is 0 Å². The van der Waals surface area contributed by atoms with Gasteiger partial charge in [0.15, 0.2) is 0 Å². The zero-order chi connectivity index (χ0) is 20.1. The third kappa shape index (κ3) is 4.94. The summed E-state index contributed by atoms with van der Waals surface area (Å²) in [6.07, 6.45) is 6.36. The van der Waals surface area contributed by atoms with Crippen LogP contribution in [-0.2, 0) is 6.61 Å². The highest BCUT2D eigenvalue weighted by Gasteiger charge is 2.16. The molecule has 6 heteroatoms. The molecular formula is C22H23F2NO2S. The predicted octanol–water partition coefficient (Wildman–Crippen LogP) is 5.52. The molecule has 3 rings (SSSR count). The molecule has 2 aromatic rings. The summed E-state index contributed by atoms with van der Waals surface area (Å²) in [6.45, 7) is -0.620. The van der Waals surface area contributed by atoms with Gasteiger partial charge in [-0.3, -0.25) is 0 Å². The van der Waals surface area contributed by atoms with E-state index < -0.39 is 6.61 Å². The maximum Gasteiger partial charge on any atom is 0.387 e. The summed E-state index contributed by atoms with van der Waals surface area (Å²) in [4.78, 5) is 1.07. The van der Waals surface area contributed by atoms with Crippen LogP contribution in [0.15, 0.2) is 65.1 Å². The lowest BCUT2D eigenvalue weighted by Gasteiger charge is -2.13. The largest absolute Gasteiger partial charge is 0.489 e. The molecule has 1 N–H and O–H groups in total. The highest BCUT2D eigenvalue weighted by atomic mass is 32.2. The Morgan fingerprint density at radius 2 is 1.96 bits per heavy atom. The Hall–Kier alpha value is -2.31. The molecule has 28 heavy (non-hydrogen) atoms. The van der Waals surface area contributed by atoms with Gasteiger partial charge in [0.2, 0.25) is 0 Å². The van der Waals surface area contributed by atoms with Gasteiger partial charge in [-0.05, 0) is 55.6 Å². The number of benzene rings is 2. The molecule has 0 saturated heterocycles. The first kappa shape index (κ1) is 20.4. The SMILES string of the molecule is CNC1C=C(c2cc(OCc3ccccc3OC(F)F)cc(SC)c2)C=C1C. The van der Waals surface area contributed by atoms with Crippen LogP contribution < -0.4 is 14.8 Å². The highest BCUT2D eigenvalue weighted by molar-refractivity contribution is 7.98. The van der Waals surface area contributed by atoms with Crippen LogP contribution in [0.1, 0.15) is 18.1 Å². The second-order valence-electron chi connectivity index (χ2n) is 6.45. The van der Waals surface area contributed by atoms with E-state index in [-0.39, 0.29) is 18.4 Å². The third-order valence-electron chi connectivity index (χ3n) is 4.56. The van der Waals surface area contributed by atoms with E-state index in [2.05, 4.69) is 35.2 Å². The average Bonchev–Trinajstić information content (AvgIpc) is 3.07. The molecule has 2 aromatic carbocycles. The number of nitrogens with one attached hydrogen (secondary N) is 1. The normalized spacial score (nSPS) is 16.1. The molecule has 148 valence electrons. The van der Waals surface area contributed by atoms with Gasteiger partial charge in [-0.1, -0.05) is 35.9 Å². The molecule has 1 unspecified atom stereocenters. The molecule has 1 aliphatic rings. The van der Waals surface area contributed by atoms with Gasteiger partial charge in [-0.2, -0.15) is 8.78 Å². The van der Waals surface area contributed by atoms with Crippen LogP contribution >= 0.6 is 11.8 Å². The number of hydrogen-bond acceptors (Lipinski definition) is 4. The summed E-state index contributed by atoms with van der Waals surface area (Å²) in [5, 5.41) is 3.27. The lowest BCUT2D eigenvalue weighted by Crippen LogP contribution is -2.21. The van der Waals surface area contributed by atoms with Crippen molar-refractivity contribution in [3.8, 4) is 11.5 Å². The molecule has 0 radical (unpaired) electrons. The number of allylic oxidation sites excluding steroid dienone is 2. The summed E-state index contributed by atoms with van der Waals surface area (Å²) < 4.78 is 35.7. The van der Waals surface area contributed by atoms with Gasteiger partial charge >= 0.3 is 6.61 Å². The van der Waals surface area contributed by atoms with Crippen LogP contribution in [0.25, 0.3) is 5.57 Å². The topological polar surface area (TPSA) is 30.5 Å². The first-order valence-corrected chi connectivity index (χ1v) is 10.1. The second-order valence-corrected chi connectivity index (χ2v) is 7.33. The Morgan fingerprint density at radius 3 is 2.64 bits per heavy atom. The molecule has 0 aliphatic heterocycles. The number of likely N-dealkylation sites (N-methyl/N-ethyl adjacent to an activating group) is 1. The van der Waals surface area contributed by atoms with Crippen molar-refractivity contribution in [3.05, 3.63) is 71.3 Å². The fraction of sp³-hybridized carbons (Fsp3) is 0.273. The van der Waals surface area contributed by atoms with Gasteiger partial charge < -0.3 is 14.8 Å². The Labute approximate surface area is 168 Å². The third-order valence-corrected chi connectivity index (χ3v) is 5.27. The van der Waals surface area contributed by atoms with Gasteiger partial charge in [0, 0.05) is 16.5 Å². The van der Waals surface area contributed by atoms with Crippen LogP contribution in [0, 0.1) is 0 Å². The average molecular weight is 403 g/mol. The van der Waals surface area contributed by atoms with Gasteiger partial charge in [0.05, 0.1) is 0 Å². The van der Waals surface area contributed by atoms with E-state index in [0.29, 0.717) is 11.3 Å². The summed E-state index contributed by atoms with van der Waals surface area (Å²) in [5.74, 6) is 0.821. The fourth-order valence-corrected chi connectivity index (χ4v) is 3.60. The first-order chi connectivity index (χ1) is 13.5. The number of halogens is 2. The number of para-hydroxylation sites is 1. The van der Waals surface area contributed by atoms with Crippen LogP contribution in [-0.4, -0.2) is 26.0 Å². The van der Waals surface area contributed by atoms with E-state index in [1.54, 1.807) is 30.0 Å². The maximum atomic E-state index is 12.6. The fourth-order valence-electron chi connectivity index (χ4n) is 3.12. The van der Waals surface area contributed by atoms with E-state index in [1.165, 1.54) is 11.6 Å². The monoisotopic (exact) mass is 403 g/mol. The molecule has 0 heterocycles. The molecule has 3 nitrogen and oxygen atoms in total. The highest BCUT2D eigenvalue weighted by Crippen LogP contribution is 2.33. The zero-order valence-corrected chi connectivity index (χ0v) is 16.9. The van der Waals surface area contributed by atoms with Crippen LogP contribution in [0.2, 0.25) is 0 Å². The minimum Gasteiger partial charge on any atom is -0.489 e. The molecule has 0 amide bonds. The van der Waals surface area contributed by atoms with Crippen molar-refractivity contribution in [2.24, 2.45) is 0 Å². The molecule has 0 spiro atoms. The second kappa shape index (κ2) is 9.26. The van der Waals surface area contributed by atoms with Crippen molar-refractivity contribution in [1.82, 2.24) is 5.32 Å². The number of rotatable bonds is 8. The van der Waals surface area contributed by atoms with Crippen molar-refractivity contribution < 1.29 is 18.3 Å². The molecule has 1 aliphatic carbocycles. The molecule has 0 aromatic heterocycles. The molecule has 0 bridgehead atoms. The zero-order valence-electron chi connectivity index (χ0n) is 16.0. The van der Waals surface area contributed by atoms with E-state index in [9.17, 15) is 8.78 Å². The van der Waals surface area contributed by atoms with Crippen LogP contribution in [0.4, 0.5) is 8.78 Å². The smallest absolute Gasteiger partial charge is 0.387 e. The van der Waals surface area contributed by atoms with E-state index >= 15 is 0 Å². The van der Waals surface area contributed by atoms with E-state index in [1.807, 2.05) is 25.4 Å². The number of thioether (sulfide) groups is 1. The summed E-state index contributed by atoms with van der Waals surface area (Å²) in [6, 6.07) is 13.0. The van der Waals surface area contributed by atoms with Gasteiger partial charge in [0.1, 0.15) is 18.1 Å². The van der Waals surface area contributed by atoms with Gasteiger partial charge in [-0.15, -0.1) is 11.8 Å². The standard InChI is InChI=1S/C22H23F2NO2S/c1-14-8-16(11-20(14)25-2)17-9-18(12-19(10-17)28-3)26-13-15-6-4-5-7-21(15)27-22(23)24/h4-12,20,22,25H,13H2,1-3H3. The van der Waals surface area contributed by atoms with Crippen LogP contribution in [0.5, 0.6) is 11.5 Å². The quantitative estimate of drug-likeness (QED) is 0.588. The lowest BCUT2D eigenvalue weighted by atomic mass is 10.1. The lowest BCUT2D eigenvalue weighted by molar-refractivity contribution is -0.0508. The summed E-state index contributed by atoms with van der Waals surface area (Å²) >= 11 is 1.63. The van der Waals surface area contributed by atoms with Crippen molar-refractivity contribution in [3.63, 3.8) is 0 Å². The van der Waals surface area contributed by atoms with E-state index in [4.69, 9.17) is 4.74 Å². The predicted molar refractivity (Wildman–Crippen MR) is 110 cm³/mol. The number of alkyl halides is 2. The van der Waals surface area contributed by atoms with Crippen molar-refractivity contribution >= 4 is 17.3 Å². The summed E-state index contributed by atoms with van der Waals surface area (Å²) in [5.41, 5.74) is 4.03. The number of ether oxygens (including phenoxy) is 2. The Balaban J connectivity index is 1.82. The molecule has 1 atom stereocenters.